The maximum atomic E-state index is 13.7. The topological polar surface area (TPSA) is 106 Å². The van der Waals surface area contributed by atoms with Crippen LogP contribution >= 0.6 is 15.9 Å². The van der Waals surface area contributed by atoms with Gasteiger partial charge in [-0.3, -0.25) is 4.79 Å². The third-order valence-electron chi connectivity index (χ3n) is 5.22. The van der Waals surface area contributed by atoms with Gasteiger partial charge in [0.25, 0.3) is 10.0 Å². The van der Waals surface area contributed by atoms with Crippen LogP contribution in [0.15, 0.2) is 88.2 Å². The summed E-state index contributed by atoms with van der Waals surface area (Å²) in [7, 11) is -4.29. The van der Waals surface area contributed by atoms with Gasteiger partial charge in [0.05, 0.1) is 4.90 Å². The van der Waals surface area contributed by atoms with E-state index in [1.54, 1.807) is 66.7 Å². The van der Waals surface area contributed by atoms with Crippen LogP contribution in [0.2, 0.25) is 0 Å². The molecule has 0 aliphatic heterocycles. The highest BCUT2D eigenvalue weighted by Gasteiger charge is 2.34. The maximum Gasteiger partial charge on any atom is 0.270 e. The lowest BCUT2D eigenvalue weighted by Gasteiger charge is -2.13. The van der Waals surface area contributed by atoms with Crippen molar-refractivity contribution >= 4 is 37.6 Å². The van der Waals surface area contributed by atoms with E-state index in [1.165, 1.54) is 12.1 Å². The first kappa shape index (κ1) is 22.5. The van der Waals surface area contributed by atoms with Gasteiger partial charge >= 0.3 is 0 Å². The van der Waals surface area contributed by atoms with E-state index in [9.17, 15) is 18.5 Å². The van der Waals surface area contributed by atoms with Crippen LogP contribution in [-0.2, 0) is 10.0 Å². The van der Waals surface area contributed by atoms with Gasteiger partial charge in [-0.25, -0.2) is 12.4 Å². The molecule has 1 heterocycles. The number of nitrogen functional groups attached to an aromatic ring is 1. The molecule has 4 aromatic rings. The van der Waals surface area contributed by atoms with E-state index < -0.39 is 15.8 Å². The minimum Gasteiger partial charge on any atom is -0.383 e. The predicted molar refractivity (Wildman–Crippen MR) is 130 cm³/mol. The molecule has 164 valence electrons. The summed E-state index contributed by atoms with van der Waals surface area (Å²) < 4.78 is 29.0. The number of anilines is 1. The number of nitrogens with two attached hydrogens (primary N) is 1. The van der Waals surface area contributed by atoms with Crippen molar-refractivity contribution in [2.45, 2.75) is 11.8 Å². The lowest BCUT2D eigenvalue weighted by molar-refractivity contribution is 0.103. The summed E-state index contributed by atoms with van der Waals surface area (Å²) in [5.41, 5.74) is 7.82. The number of rotatable bonds is 5. The molecule has 0 radical (unpaired) electrons. The van der Waals surface area contributed by atoms with Gasteiger partial charge in [-0.05, 0) is 36.8 Å². The number of aryl methyl sites for hydroxylation is 1. The Bertz CT molecular complexity index is 1500. The van der Waals surface area contributed by atoms with Crippen LogP contribution < -0.4 is 5.73 Å². The van der Waals surface area contributed by atoms with E-state index >= 15 is 0 Å². The summed E-state index contributed by atoms with van der Waals surface area (Å²) in [5.74, 6) is -0.868. The fourth-order valence-corrected chi connectivity index (χ4v) is 5.30. The van der Waals surface area contributed by atoms with E-state index in [4.69, 9.17) is 5.73 Å². The highest BCUT2D eigenvalue weighted by molar-refractivity contribution is 9.10. The van der Waals surface area contributed by atoms with Crippen molar-refractivity contribution in [2.24, 2.45) is 0 Å². The molecular weight excluding hydrogens is 502 g/mol. The molecule has 6 nitrogen and oxygen atoms in total. The minimum absolute atomic E-state index is 0.0382. The van der Waals surface area contributed by atoms with Crippen molar-refractivity contribution in [1.29, 1.82) is 5.26 Å². The summed E-state index contributed by atoms with van der Waals surface area (Å²) in [5, 5.41) is 9.92. The second-order valence-electron chi connectivity index (χ2n) is 7.38. The summed E-state index contributed by atoms with van der Waals surface area (Å²) in [6.07, 6.45) is 0. The Morgan fingerprint density at radius 2 is 1.58 bits per heavy atom. The highest BCUT2D eigenvalue weighted by Crippen LogP contribution is 2.38. The van der Waals surface area contributed by atoms with Gasteiger partial charge in [-0.2, -0.15) is 5.26 Å². The highest BCUT2D eigenvalue weighted by atomic mass is 79.9. The van der Waals surface area contributed by atoms with Crippen molar-refractivity contribution < 1.29 is 13.2 Å². The second kappa shape index (κ2) is 8.70. The fraction of sp³-hybridized carbons (Fsp3) is 0.0400. The summed E-state index contributed by atoms with van der Waals surface area (Å²) in [6, 6.07) is 23.4. The van der Waals surface area contributed by atoms with E-state index in [1.807, 2.05) is 13.0 Å². The molecule has 2 N–H and O–H groups in total. The van der Waals surface area contributed by atoms with E-state index in [0.29, 0.717) is 5.56 Å². The molecule has 0 spiro atoms. The Hall–Kier alpha value is -3.67. The zero-order valence-electron chi connectivity index (χ0n) is 17.5. The Morgan fingerprint density at radius 3 is 2.15 bits per heavy atom. The number of nitriles is 1. The molecule has 0 saturated carbocycles. The third kappa shape index (κ3) is 3.97. The zero-order chi connectivity index (χ0) is 23.8. The molecule has 3 aromatic carbocycles. The Kier molecular flexibility index (Phi) is 5.93. The molecule has 0 aliphatic carbocycles. The number of hydrogen-bond donors (Lipinski definition) is 1. The normalized spacial score (nSPS) is 11.2. The summed E-state index contributed by atoms with van der Waals surface area (Å²) >= 11 is 3.37. The summed E-state index contributed by atoms with van der Waals surface area (Å²) in [6.45, 7) is 1.84. The molecule has 8 heteroatoms. The van der Waals surface area contributed by atoms with Crippen LogP contribution in [-0.4, -0.2) is 18.2 Å². The minimum atomic E-state index is -4.29. The number of benzene rings is 3. The van der Waals surface area contributed by atoms with Crippen LogP contribution in [0, 0.1) is 18.3 Å². The molecule has 0 fully saturated rings. The van der Waals surface area contributed by atoms with Gasteiger partial charge < -0.3 is 5.73 Å². The number of halogens is 1. The van der Waals surface area contributed by atoms with Gasteiger partial charge in [0.2, 0.25) is 5.78 Å². The zero-order valence-corrected chi connectivity index (χ0v) is 19.9. The molecule has 1 aromatic heterocycles. The Labute approximate surface area is 200 Å². The number of aromatic nitrogens is 1. The first-order valence-corrected chi connectivity index (χ1v) is 12.1. The molecule has 0 atom stereocenters. The molecule has 0 saturated heterocycles. The quantitative estimate of drug-likeness (QED) is 0.367. The number of carbonyl (C=O) groups is 1. The molecule has 0 unspecified atom stereocenters. The monoisotopic (exact) mass is 519 g/mol. The van der Waals surface area contributed by atoms with Gasteiger partial charge in [0.1, 0.15) is 23.1 Å². The third-order valence-corrected chi connectivity index (χ3v) is 7.48. The fourth-order valence-electron chi connectivity index (χ4n) is 3.58. The number of carbonyl (C=O) groups excluding carboxylic acids is 1. The maximum absolute atomic E-state index is 13.7. The number of nitrogens with zero attached hydrogens (tertiary/aromatic N) is 2. The largest absolute Gasteiger partial charge is 0.383 e. The number of ketones is 1. The van der Waals surface area contributed by atoms with Crippen LogP contribution in [0.3, 0.4) is 0 Å². The van der Waals surface area contributed by atoms with Gasteiger partial charge in [-0.15, -0.1) is 0 Å². The van der Waals surface area contributed by atoms with E-state index in [2.05, 4.69) is 15.9 Å². The van der Waals surface area contributed by atoms with E-state index in [-0.39, 0.29) is 33.1 Å². The first-order valence-electron chi connectivity index (χ1n) is 9.88. The van der Waals surface area contributed by atoms with Crippen LogP contribution in [0.5, 0.6) is 0 Å². The molecule has 0 amide bonds. The van der Waals surface area contributed by atoms with Crippen molar-refractivity contribution in [3.8, 4) is 17.2 Å². The van der Waals surface area contributed by atoms with Crippen molar-refractivity contribution in [2.75, 3.05) is 5.73 Å². The predicted octanol–water partition coefficient (Wildman–Crippen LogP) is 5.15. The average molecular weight is 520 g/mol. The van der Waals surface area contributed by atoms with Crippen LogP contribution in [0.4, 0.5) is 5.82 Å². The van der Waals surface area contributed by atoms with Crippen molar-refractivity contribution in [1.82, 2.24) is 3.97 Å². The molecular formula is C25H18BrN3O3S. The SMILES string of the molecule is Cc1ccc(S(=O)(=O)n2c(N)c(C#N)c(-c3ccc(Br)cc3)c2C(=O)c2ccccc2)cc1. The van der Waals surface area contributed by atoms with Crippen molar-refractivity contribution in [3.63, 3.8) is 0 Å². The number of hydrogen-bond acceptors (Lipinski definition) is 5. The molecule has 4 rings (SSSR count). The first-order chi connectivity index (χ1) is 15.8. The Balaban J connectivity index is 2.11. The lowest BCUT2D eigenvalue weighted by atomic mass is 9.97. The van der Waals surface area contributed by atoms with Crippen LogP contribution in [0.25, 0.3) is 11.1 Å². The standard InChI is InChI=1S/C25H18BrN3O3S/c1-16-7-13-20(14-8-16)33(31,32)29-23(24(30)18-5-3-2-4-6-18)22(21(15-27)25(29)28)17-9-11-19(26)12-10-17/h2-14H,28H2,1H3. The van der Waals surface area contributed by atoms with Gasteiger partial charge in [0.15, 0.2) is 0 Å². The second-order valence-corrected chi connectivity index (χ2v) is 10.1. The average Bonchev–Trinajstić information content (AvgIpc) is 3.12. The molecule has 0 bridgehead atoms. The smallest absolute Gasteiger partial charge is 0.270 e. The van der Waals surface area contributed by atoms with E-state index in [0.717, 1.165) is 14.0 Å². The van der Waals surface area contributed by atoms with Crippen molar-refractivity contribution in [3.05, 3.63) is 106 Å². The Morgan fingerprint density at radius 1 is 0.970 bits per heavy atom. The summed E-state index contributed by atoms with van der Waals surface area (Å²) in [4.78, 5) is 13.6. The molecule has 33 heavy (non-hydrogen) atoms. The van der Waals surface area contributed by atoms with Crippen LogP contribution in [0.1, 0.15) is 27.2 Å². The van der Waals surface area contributed by atoms with Gasteiger partial charge in [-0.1, -0.05) is 76.1 Å². The molecule has 0 aliphatic rings. The lowest BCUT2D eigenvalue weighted by Crippen LogP contribution is -2.21. The van der Waals surface area contributed by atoms with Gasteiger partial charge in [0, 0.05) is 15.6 Å².